The van der Waals surface area contributed by atoms with Gasteiger partial charge in [0, 0.05) is 30.1 Å². The third kappa shape index (κ3) is 8.72. The Labute approximate surface area is 281 Å². The van der Waals surface area contributed by atoms with E-state index in [0.29, 0.717) is 31.2 Å². The standard InChI is InChI=1S/C37H44ClF2N3O4/c1-34(2,3)46-32(44)42-27-17-19-28(20-18-27)43(33(45)47-35(4,5)6)23-29(25-13-9-7-10-14-25)37(40)22-21-36(38,24-41)30(31(37)39)26-15-11-8-12-16-26/h7-16,21-22,27-29H,17-20,23H2,1-6H3,(H,42,44). The van der Waals surface area contributed by atoms with E-state index < -0.39 is 45.7 Å². The number of ether oxygens (including phenoxy) is 2. The van der Waals surface area contributed by atoms with Gasteiger partial charge in [-0.15, -0.1) is 0 Å². The molecule has 0 spiro atoms. The number of alkyl carbamates (subject to hydrolysis) is 1. The van der Waals surface area contributed by atoms with Gasteiger partial charge in [-0.3, -0.25) is 0 Å². The quantitative estimate of drug-likeness (QED) is 0.235. The molecule has 2 aromatic carbocycles. The zero-order valence-electron chi connectivity index (χ0n) is 27.9. The Kier molecular flexibility index (Phi) is 10.8. The van der Waals surface area contributed by atoms with Crippen LogP contribution in [0.5, 0.6) is 0 Å². The molecule has 2 aromatic rings. The summed E-state index contributed by atoms with van der Waals surface area (Å²) in [5, 5.41) is 12.9. The van der Waals surface area contributed by atoms with Crippen molar-refractivity contribution in [1.29, 1.82) is 5.26 Å². The Morgan fingerprint density at radius 1 is 0.957 bits per heavy atom. The van der Waals surface area contributed by atoms with Crippen LogP contribution in [-0.2, 0) is 9.47 Å². The van der Waals surface area contributed by atoms with Crippen molar-refractivity contribution < 1.29 is 27.8 Å². The van der Waals surface area contributed by atoms with Gasteiger partial charge in [0.05, 0.1) is 6.07 Å². The molecule has 47 heavy (non-hydrogen) atoms. The van der Waals surface area contributed by atoms with Gasteiger partial charge < -0.3 is 19.7 Å². The number of halogens is 3. The fourth-order valence-electron chi connectivity index (χ4n) is 6.11. The molecule has 0 radical (unpaired) electrons. The summed E-state index contributed by atoms with van der Waals surface area (Å²) < 4.78 is 45.8. The van der Waals surface area contributed by atoms with Gasteiger partial charge >= 0.3 is 12.2 Å². The number of hydrogen-bond acceptors (Lipinski definition) is 5. The van der Waals surface area contributed by atoms with Crippen molar-refractivity contribution in [1.82, 2.24) is 10.2 Å². The number of nitrogens with zero attached hydrogens (tertiary/aromatic N) is 2. The lowest BCUT2D eigenvalue weighted by atomic mass is 9.74. The Morgan fingerprint density at radius 2 is 1.51 bits per heavy atom. The average molecular weight is 668 g/mol. The minimum absolute atomic E-state index is 0.170. The Morgan fingerprint density at radius 3 is 2.04 bits per heavy atom. The first kappa shape index (κ1) is 35.9. The molecule has 7 nitrogen and oxygen atoms in total. The summed E-state index contributed by atoms with van der Waals surface area (Å²) in [6.07, 6.45) is 3.11. The topological polar surface area (TPSA) is 91.7 Å². The van der Waals surface area contributed by atoms with Crippen LogP contribution in [0.15, 0.2) is 78.6 Å². The van der Waals surface area contributed by atoms with Crippen molar-refractivity contribution in [2.75, 3.05) is 6.54 Å². The smallest absolute Gasteiger partial charge is 0.410 e. The summed E-state index contributed by atoms with van der Waals surface area (Å²) in [5.74, 6) is -2.42. The van der Waals surface area contributed by atoms with Crippen LogP contribution >= 0.6 is 11.6 Å². The first-order valence-corrected chi connectivity index (χ1v) is 16.3. The van der Waals surface area contributed by atoms with Gasteiger partial charge in [0.15, 0.2) is 10.5 Å². The number of nitrogens with one attached hydrogen (secondary N) is 1. The molecule has 0 saturated heterocycles. The number of rotatable bonds is 7. The molecule has 0 heterocycles. The third-order valence-corrected chi connectivity index (χ3v) is 8.67. The zero-order chi connectivity index (χ0) is 34.6. The van der Waals surface area contributed by atoms with Gasteiger partial charge in [-0.25, -0.2) is 18.4 Å². The normalized spacial score (nSPS) is 25.4. The highest BCUT2D eigenvalue weighted by molar-refractivity contribution is 6.34. The van der Waals surface area contributed by atoms with E-state index in [1.165, 1.54) is 11.0 Å². The summed E-state index contributed by atoms with van der Waals surface area (Å²) in [7, 11) is 0. The highest BCUT2D eigenvalue weighted by Gasteiger charge is 2.52. The van der Waals surface area contributed by atoms with Crippen molar-refractivity contribution in [3.63, 3.8) is 0 Å². The molecule has 1 N–H and O–H groups in total. The molecule has 4 rings (SSSR count). The van der Waals surface area contributed by atoms with Crippen molar-refractivity contribution in [2.45, 2.75) is 107 Å². The van der Waals surface area contributed by atoms with Crippen molar-refractivity contribution in [2.24, 2.45) is 0 Å². The second-order valence-corrected chi connectivity index (χ2v) is 14.8. The van der Waals surface area contributed by atoms with Crippen LogP contribution in [0, 0.1) is 11.3 Å². The largest absolute Gasteiger partial charge is 0.444 e. The molecule has 10 heteroatoms. The molecule has 2 aliphatic rings. The molecule has 252 valence electrons. The number of hydrogen-bond donors (Lipinski definition) is 1. The first-order chi connectivity index (χ1) is 22.0. The Hall–Kier alpha value is -3.90. The van der Waals surface area contributed by atoms with Crippen LogP contribution in [0.1, 0.15) is 84.3 Å². The van der Waals surface area contributed by atoms with Crippen LogP contribution in [0.4, 0.5) is 18.4 Å². The number of nitriles is 1. The Balaban J connectivity index is 1.73. The lowest BCUT2D eigenvalue weighted by Crippen LogP contribution is -2.51. The first-order valence-electron chi connectivity index (χ1n) is 16.0. The second-order valence-electron chi connectivity index (χ2n) is 14.2. The van der Waals surface area contributed by atoms with Gasteiger partial charge in [0.25, 0.3) is 0 Å². The molecule has 2 aliphatic carbocycles. The van der Waals surface area contributed by atoms with E-state index in [1.54, 1.807) is 102 Å². The van der Waals surface area contributed by atoms with Gasteiger partial charge in [-0.2, -0.15) is 5.26 Å². The van der Waals surface area contributed by atoms with E-state index in [2.05, 4.69) is 5.32 Å². The molecule has 1 fully saturated rings. The van der Waals surface area contributed by atoms with Crippen molar-refractivity contribution in [3.8, 4) is 6.07 Å². The summed E-state index contributed by atoms with van der Waals surface area (Å²) in [6.45, 7) is 10.4. The van der Waals surface area contributed by atoms with E-state index >= 15 is 8.78 Å². The highest BCUT2D eigenvalue weighted by atomic mass is 35.5. The highest BCUT2D eigenvalue weighted by Crippen LogP contribution is 2.51. The number of carbonyl (C=O) groups excluding carboxylic acids is 2. The lowest BCUT2D eigenvalue weighted by Gasteiger charge is -2.43. The van der Waals surface area contributed by atoms with Crippen LogP contribution in [0.3, 0.4) is 0 Å². The number of allylic oxidation sites excluding steroid dienone is 4. The van der Waals surface area contributed by atoms with Gasteiger partial charge in [0.1, 0.15) is 17.0 Å². The lowest BCUT2D eigenvalue weighted by molar-refractivity contribution is 0.00452. The second kappa shape index (κ2) is 14.1. The number of carbonyl (C=O) groups is 2. The summed E-state index contributed by atoms with van der Waals surface area (Å²) in [5.41, 5.74) is -3.79. The predicted octanol–water partition coefficient (Wildman–Crippen LogP) is 9.00. The summed E-state index contributed by atoms with van der Waals surface area (Å²) in [6, 6.07) is 18.2. The van der Waals surface area contributed by atoms with Gasteiger partial charge in [-0.1, -0.05) is 72.3 Å². The molecule has 3 unspecified atom stereocenters. The molecule has 0 aromatic heterocycles. The fraction of sp³-hybridized carbons (Fsp3) is 0.486. The monoisotopic (exact) mass is 667 g/mol. The molecular weight excluding hydrogens is 624 g/mol. The maximum Gasteiger partial charge on any atom is 0.410 e. The maximum absolute atomic E-state index is 17.7. The predicted molar refractivity (Wildman–Crippen MR) is 179 cm³/mol. The van der Waals surface area contributed by atoms with Gasteiger partial charge in [-0.05, 0) is 90.5 Å². The summed E-state index contributed by atoms with van der Waals surface area (Å²) in [4.78, 5) is 25.8. The van der Waals surface area contributed by atoms with Crippen molar-refractivity contribution >= 4 is 29.4 Å². The molecule has 1 saturated carbocycles. The minimum Gasteiger partial charge on any atom is -0.444 e. The number of alkyl halides is 2. The van der Waals surface area contributed by atoms with Crippen molar-refractivity contribution in [3.05, 3.63) is 89.8 Å². The average Bonchev–Trinajstić information content (AvgIpc) is 2.99. The van der Waals surface area contributed by atoms with E-state index in [-0.39, 0.29) is 29.8 Å². The van der Waals surface area contributed by atoms with Gasteiger partial charge in [0.2, 0.25) is 0 Å². The minimum atomic E-state index is -2.77. The zero-order valence-corrected chi connectivity index (χ0v) is 28.6. The van der Waals surface area contributed by atoms with Crippen LogP contribution in [0.2, 0.25) is 0 Å². The number of benzene rings is 2. The van der Waals surface area contributed by atoms with E-state index in [1.807, 2.05) is 6.07 Å². The SMILES string of the molecule is CC(C)(C)OC(=O)NC1CCC(N(CC(c2ccccc2)C2(F)C=CC(Cl)(C#N)C(c3ccccc3)=C2F)C(=O)OC(C)(C)C)CC1. The fourth-order valence-corrected chi connectivity index (χ4v) is 6.36. The maximum atomic E-state index is 17.7. The van der Waals surface area contributed by atoms with E-state index in [4.69, 9.17) is 21.1 Å². The molecule has 3 atom stereocenters. The summed E-state index contributed by atoms with van der Waals surface area (Å²) >= 11 is 6.63. The third-order valence-electron chi connectivity index (χ3n) is 8.28. The molecule has 2 amide bonds. The van der Waals surface area contributed by atoms with E-state index in [9.17, 15) is 14.9 Å². The Bertz CT molecular complexity index is 1520. The van der Waals surface area contributed by atoms with Crippen LogP contribution < -0.4 is 5.32 Å². The van der Waals surface area contributed by atoms with E-state index in [0.717, 1.165) is 6.08 Å². The van der Waals surface area contributed by atoms with Crippen LogP contribution in [-0.4, -0.2) is 57.5 Å². The number of amides is 2. The van der Waals surface area contributed by atoms with Crippen LogP contribution in [0.25, 0.3) is 5.57 Å². The molecule has 0 bridgehead atoms. The molecule has 0 aliphatic heterocycles. The molecular formula is C37H44ClF2N3O4.